The zero-order valence-corrected chi connectivity index (χ0v) is 16.9. The summed E-state index contributed by atoms with van der Waals surface area (Å²) in [7, 11) is 1.65. The van der Waals surface area contributed by atoms with Crippen LogP contribution in [-0.2, 0) is 14.3 Å². The smallest absolute Gasteiger partial charge is 0.331 e. The first-order valence-corrected chi connectivity index (χ1v) is 10.0. The summed E-state index contributed by atoms with van der Waals surface area (Å²) >= 11 is 1.56. The predicted octanol–water partition coefficient (Wildman–Crippen LogP) is 2.97. The number of esters is 1. The highest BCUT2D eigenvalue weighted by Gasteiger charge is 2.23. The first-order valence-electron chi connectivity index (χ1n) is 9.13. The number of carbonyl (C=O) groups is 2. The summed E-state index contributed by atoms with van der Waals surface area (Å²) in [6.45, 7) is 4.32. The van der Waals surface area contributed by atoms with E-state index in [1.165, 1.54) is 6.08 Å². The molecule has 1 aliphatic rings. The standard InChI is InChI=1S/C21H24N2O4S/c1-16-9-14-28-19(16)7-8-21(25)27-15-20(24)23-12-10-22(11-13-23)17-5-3-4-6-18(17)26-2/h3-9,14H,10-13,15H2,1-2H3/b8-7+. The zero-order chi connectivity index (χ0) is 19.9. The lowest BCUT2D eigenvalue weighted by atomic mass is 10.2. The quantitative estimate of drug-likeness (QED) is 0.551. The molecular formula is C21H24N2O4S. The molecule has 0 aliphatic carbocycles. The molecule has 3 rings (SSSR count). The molecule has 2 heterocycles. The van der Waals surface area contributed by atoms with Gasteiger partial charge in [0.2, 0.25) is 0 Å². The molecule has 1 amide bonds. The molecule has 0 spiro atoms. The second kappa shape index (κ2) is 9.41. The second-order valence-corrected chi connectivity index (χ2v) is 7.40. The Labute approximate surface area is 169 Å². The topological polar surface area (TPSA) is 59.1 Å². The fraction of sp³-hybridized carbons (Fsp3) is 0.333. The Morgan fingerprint density at radius 2 is 1.89 bits per heavy atom. The van der Waals surface area contributed by atoms with E-state index in [1.807, 2.05) is 42.6 Å². The van der Waals surface area contributed by atoms with E-state index in [0.29, 0.717) is 26.2 Å². The minimum Gasteiger partial charge on any atom is -0.495 e. The Morgan fingerprint density at radius 1 is 1.14 bits per heavy atom. The number of nitrogens with zero attached hydrogens (tertiary/aromatic N) is 2. The minimum atomic E-state index is -0.506. The lowest BCUT2D eigenvalue weighted by Gasteiger charge is -2.36. The molecule has 7 heteroatoms. The van der Waals surface area contributed by atoms with Crippen LogP contribution in [0.25, 0.3) is 6.08 Å². The van der Waals surface area contributed by atoms with E-state index in [0.717, 1.165) is 21.9 Å². The minimum absolute atomic E-state index is 0.172. The first-order chi connectivity index (χ1) is 13.6. The van der Waals surface area contributed by atoms with Crippen LogP contribution in [0.1, 0.15) is 10.4 Å². The Bertz CT molecular complexity index is 854. The maximum absolute atomic E-state index is 12.3. The van der Waals surface area contributed by atoms with Crippen molar-refractivity contribution in [3.05, 3.63) is 52.2 Å². The third-order valence-electron chi connectivity index (χ3n) is 4.67. The van der Waals surface area contributed by atoms with Crippen LogP contribution in [0.3, 0.4) is 0 Å². The molecule has 1 saturated heterocycles. The van der Waals surface area contributed by atoms with E-state index in [4.69, 9.17) is 9.47 Å². The van der Waals surface area contributed by atoms with Gasteiger partial charge in [0.15, 0.2) is 6.61 Å². The second-order valence-electron chi connectivity index (χ2n) is 6.45. The van der Waals surface area contributed by atoms with E-state index in [9.17, 15) is 9.59 Å². The first kappa shape index (κ1) is 19.9. The highest BCUT2D eigenvalue weighted by molar-refractivity contribution is 7.11. The van der Waals surface area contributed by atoms with Crippen molar-refractivity contribution in [2.24, 2.45) is 0 Å². The summed E-state index contributed by atoms with van der Waals surface area (Å²) in [5.41, 5.74) is 2.13. The molecule has 0 N–H and O–H groups in total. The van der Waals surface area contributed by atoms with Gasteiger partial charge >= 0.3 is 5.97 Å². The van der Waals surface area contributed by atoms with Gasteiger partial charge in [0.25, 0.3) is 5.91 Å². The van der Waals surface area contributed by atoms with Crippen LogP contribution in [0, 0.1) is 6.92 Å². The number of carbonyl (C=O) groups excluding carboxylic acids is 2. The van der Waals surface area contributed by atoms with Crippen molar-refractivity contribution >= 4 is 35.0 Å². The molecule has 1 aliphatic heterocycles. The summed E-state index contributed by atoms with van der Waals surface area (Å²) in [5, 5.41) is 1.97. The molecule has 28 heavy (non-hydrogen) atoms. The van der Waals surface area contributed by atoms with Gasteiger partial charge in [0.1, 0.15) is 5.75 Å². The highest BCUT2D eigenvalue weighted by atomic mass is 32.1. The van der Waals surface area contributed by atoms with Gasteiger partial charge in [-0.2, -0.15) is 0 Å². The van der Waals surface area contributed by atoms with Crippen LogP contribution in [0.2, 0.25) is 0 Å². The van der Waals surface area contributed by atoms with Gasteiger partial charge in [-0.1, -0.05) is 12.1 Å². The van der Waals surface area contributed by atoms with E-state index in [2.05, 4.69) is 4.90 Å². The lowest BCUT2D eigenvalue weighted by Crippen LogP contribution is -2.50. The number of thiophene rings is 1. The molecule has 0 bridgehead atoms. The molecule has 1 fully saturated rings. The average Bonchev–Trinajstić information content (AvgIpc) is 3.15. The number of anilines is 1. The molecule has 148 valence electrons. The molecule has 0 radical (unpaired) electrons. The fourth-order valence-corrected chi connectivity index (χ4v) is 3.88. The number of rotatable bonds is 6. The van der Waals surface area contributed by atoms with Crippen molar-refractivity contribution in [1.82, 2.24) is 4.90 Å². The third-order valence-corrected chi connectivity index (χ3v) is 5.65. The molecule has 0 unspecified atom stereocenters. The normalized spacial score (nSPS) is 14.4. The lowest BCUT2D eigenvalue weighted by molar-refractivity contribution is -0.148. The van der Waals surface area contributed by atoms with Gasteiger partial charge in [-0.3, -0.25) is 4.79 Å². The van der Waals surface area contributed by atoms with Crippen molar-refractivity contribution < 1.29 is 19.1 Å². The van der Waals surface area contributed by atoms with Crippen LogP contribution in [0.4, 0.5) is 5.69 Å². The van der Waals surface area contributed by atoms with Crippen LogP contribution < -0.4 is 9.64 Å². The molecule has 6 nitrogen and oxygen atoms in total. The maximum atomic E-state index is 12.3. The molecular weight excluding hydrogens is 376 g/mol. The van der Waals surface area contributed by atoms with Gasteiger partial charge in [-0.25, -0.2) is 4.79 Å². The summed E-state index contributed by atoms with van der Waals surface area (Å²) in [6, 6.07) is 9.84. The van der Waals surface area contributed by atoms with E-state index in [-0.39, 0.29) is 12.5 Å². The van der Waals surface area contributed by atoms with Gasteiger partial charge in [0.05, 0.1) is 12.8 Å². The average molecular weight is 401 g/mol. The largest absolute Gasteiger partial charge is 0.495 e. The van der Waals surface area contributed by atoms with Gasteiger partial charge < -0.3 is 19.3 Å². The number of hydrogen-bond acceptors (Lipinski definition) is 6. The SMILES string of the molecule is COc1ccccc1N1CCN(C(=O)COC(=O)/C=C/c2sccc2C)CC1. The summed E-state index contributed by atoms with van der Waals surface area (Å²) in [5.74, 6) is 0.145. The molecule has 1 aromatic heterocycles. The summed E-state index contributed by atoms with van der Waals surface area (Å²) < 4.78 is 10.5. The highest BCUT2D eigenvalue weighted by Crippen LogP contribution is 2.28. The zero-order valence-electron chi connectivity index (χ0n) is 16.1. The van der Waals surface area contributed by atoms with Crippen molar-refractivity contribution in [3.8, 4) is 5.75 Å². The van der Waals surface area contributed by atoms with Crippen LogP contribution >= 0.6 is 11.3 Å². The third kappa shape index (κ3) is 4.92. The van der Waals surface area contributed by atoms with E-state index in [1.54, 1.807) is 29.4 Å². The summed E-state index contributed by atoms with van der Waals surface area (Å²) in [4.78, 5) is 29.1. The molecule has 0 saturated carbocycles. The van der Waals surface area contributed by atoms with Gasteiger partial charge in [-0.15, -0.1) is 11.3 Å². The molecule has 1 aromatic carbocycles. The van der Waals surface area contributed by atoms with Gasteiger partial charge in [0, 0.05) is 37.1 Å². The molecule has 0 atom stereocenters. The van der Waals surface area contributed by atoms with Crippen LogP contribution in [0.15, 0.2) is 41.8 Å². The number of aryl methyl sites for hydroxylation is 1. The number of para-hydroxylation sites is 2. The monoisotopic (exact) mass is 400 g/mol. The van der Waals surface area contributed by atoms with Crippen molar-refractivity contribution in [2.75, 3.05) is 44.8 Å². The Morgan fingerprint density at radius 3 is 2.57 bits per heavy atom. The van der Waals surface area contributed by atoms with E-state index >= 15 is 0 Å². The number of amides is 1. The number of piperazine rings is 1. The number of hydrogen-bond donors (Lipinski definition) is 0. The fourth-order valence-electron chi connectivity index (χ4n) is 3.06. The van der Waals surface area contributed by atoms with Crippen LogP contribution in [-0.4, -0.2) is 56.7 Å². The molecule has 2 aromatic rings. The van der Waals surface area contributed by atoms with Crippen molar-refractivity contribution in [1.29, 1.82) is 0 Å². The van der Waals surface area contributed by atoms with Crippen molar-refractivity contribution in [2.45, 2.75) is 6.92 Å². The summed E-state index contributed by atoms with van der Waals surface area (Å²) in [6.07, 6.45) is 3.09. The number of ether oxygens (including phenoxy) is 2. The van der Waals surface area contributed by atoms with E-state index < -0.39 is 5.97 Å². The van der Waals surface area contributed by atoms with Crippen LogP contribution in [0.5, 0.6) is 5.75 Å². The Hall–Kier alpha value is -2.80. The van der Waals surface area contributed by atoms with Crippen molar-refractivity contribution in [3.63, 3.8) is 0 Å². The van der Waals surface area contributed by atoms with Gasteiger partial charge in [-0.05, 0) is 42.1 Å². The number of methoxy groups -OCH3 is 1. The predicted molar refractivity (Wildman–Crippen MR) is 111 cm³/mol. The Kier molecular flexibility index (Phi) is 6.71. The maximum Gasteiger partial charge on any atom is 0.331 e. The Balaban J connectivity index is 1.45. The number of benzene rings is 1.